The van der Waals surface area contributed by atoms with E-state index in [4.69, 9.17) is 15.0 Å². The van der Waals surface area contributed by atoms with E-state index in [1.165, 1.54) is 0 Å². The maximum Gasteiger partial charge on any atom is 0.140 e. The van der Waals surface area contributed by atoms with E-state index in [0.29, 0.717) is 85.0 Å². The van der Waals surface area contributed by atoms with E-state index in [9.17, 15) is 47.4 Å². The van der Waals surface area contributed by atoms with Crippen molar-refractivity contribution in [1.82, 2.24) is 57.3 Å². The van der Waals surface area contributed by atoms with E-state index in [-0.39, 0.29) is 0 Å². The molecule has 12 aromatic heterocycles. The lowest BCUT2D eigenvalue weighted by Gasteiger charge is -2.15. The van der Waals surface area contributed by atoms with Gasteiger partial charge in [0, 0.05) is 83.2 Å². The molecule has 0 amide bonds. The Bertz CT molecular complexity index is 9150. The molecule has 12 heterocycles. The van der Waals surface area contributed by atoms with Crippen LogP contribution in [0.15, 0.2) is 347 Å². The van der Waals surface area contributed by atoms with Gasteiger partial charge < -0.3 is 0 Å². The van der Waals surface area contributed by atoms with Gasteiger partial charge in [-0.2, -0.15) is 47.4 Å². The smallest absolute Gasteiger partial charge is 0.140 e. The van der Waals surface area contributed by atoms with Crippen LogP contribution in [-0.4, -0.2) is 57.3 Å². The summed E-state index contributed by atoms with van der Waals surface area (Å²) in [5.74, 6) is 4.03. The van der Waals surface area contributed by atoms with Crippen LogP contribution >= 0.6 is 0 Å². The topological polar surface area (TPSA) is 321 Å². The Labute approximate surface area is 750 Å². The molecule has 606 valence electrons. The van der Waals surface area contributed by atoms with Crippen molar-refractivity contribution in [1.29, 1.82) is 47.4 Å². The fourth-order valence-electron chi connectivity index (χ4n) is 18.4. The number of nitrogens with zero attached hydrogens (tertiary/aromatic N) is 21. The molecule has 24 rings (SSSR count). The van der Waals surface area contributed by atoms with Gasteiger partial charge >= 0.3 is 0 Å². The molecule has 0 saturated heterocycles. The fourth-order valence-corrected chi connectivity index (χ4v) is 18.4. The van der Waals surface area contributed by atoms with E-state index in [0.717, 1.165) is 164 Å². The summed E-state index contributed by atoms with van der Waals surface area (Å²) in [4.78, 5) is 29.1. The molecule has 0 fully saturated rings. The zero-order valence-corrected chi connectivity index (χ0v) is 69.3. The van der Waals surface area contributed by atoms with Crippen LogP contribution in [0.1, 0.15) is 50.1 Å². The molecule has 0 aliphatic carbocycles. The minimum Gasteiger partial charge on any atom is -0.294 e. The average Bonchev–Trinajstić information content (AvgIpc) is 1.58. The number of hydrogen-bond donors (Lipinski definition) is 0. The van der Waals surface area contributed by atoms with Crippen molar-refractivity contribution in [2.45, 2.75) is 0 Å². The van der Waals surface area contributed by atoms with E-state index in [2.05, 4.69) is 139 Å². The Morgan fingerprint density at radius 1 is 0.174 bits per heavy atom. The van der Waals surface area contributed by atoms with Crippen LogP contribution in [0.4, 0.5) is 0 Å². The SMILES string of the molecule is N#Cc1ccc(-c2cc(-n3c4ccc(C#N)cc4c4cc(C#N)ccc43)nc(-n3c4ccccc4c4ccncc43)c2)cc1.N#Cc1ccc2c(c1)c1cc(C#N)ccc1n2-c1cc(-c2ccccc2C#N)cc(-n2c3ccccc3c3ccncc32)n1.N#Cc1cccc(-c2cc(-n3c4ccc(C#N)cc4c4cc(C#N)ccc43)nc(-n3c4ccccc4c4ccncc43)c2)c1. The molecule has 0 spiro atoms. The highest BCUT2D eigenvalue weighted by atomic mass is 15.2. The molecule has 0 radical (unpaired) electrons. The summed E-state index contributed by atoms with van der Waals surface area (Å²) < 4.78 is 12.6. The van der Waals surface area contributed by atoms with E-state index < -0.39 is 0 Å². The lowest BCUT2D eigenvalue weighted by Crippen LogP contribution is -2.05. The van der Waals surface area contributed by atoms with Gasteiger partial charge in [-0.05, 0) is 246 Å². The zero-order chi connectivity index (χ0) is 89.4. The van der Waals surface area contributed by atoms with Crippen LogP contribution in [0.25, 0.3) is 199 Å². The van der Waals surface area contributed by atoms with Crippen LogP contribution in [0.5, 0.6) is 0 Å². The molecule has 0 unspecified atom stereocenters. The van der Waals surface area contributed by atoms with Crippen molar-refractivity contribution in [3.63, 3.8) is 0 Å². The summed E-state index contributed by atoms with van der Waals surface area (Å²) in [6.45, 7) is 0. The number of para-hydroxylation sites is 3. The first kappa shape index (κ1) is 77.8. The number of aromatic nitrogens is 12. The van der Waals surface area contributed by atoms with E-state index in [1.54, 1.807) is 61.1 Å². The van der Waals surface area contributed by atoms with Crippen molar-refractivity contribution >= 4 is 131 Å². The highest BCUT2D eigenvalue weighted by Gasteiger charge is 2.26. The van der Waals surface area contributed by atoms with Gasteiger partial charge in [0.25, 0.3) is 0 Å². The first-order valence-electron chi connectivity index (χ1n) is 41.8. The molecule has 0 aliphatic heterocycles. The maximum absolute atomic E-state index is 10.0. The largest absolute Gasteiger partial charge is 0.294 e. The first-order chi connectivity index (χ1) is 65.0. The predicted molar refractivity (Wildman–Crippen MR) is 511 cm³/mol. The van der Waals surface area contributed by atoms with Gasteiger partial charge in [0.2, 0.25) is 0 Å². The number of pyridine rings is 6. The normalized spacial score (nSPS) is 11.1. The van der Waals surface area contributed by atoms with E-state index in [1.807, 2.05) is 243 Å². The molecule has 24 aromatic rings. The van der Waals surface area contributed by atoms with Gasteiger partial charge in [-0.1, -0.05) is 97.1 Å². The maximum atomic E-state index is 10.0. The predicted octanol–water partition coefficient (Wildman–Crippen LogP) is 23.9. The van der Waals surface area contributed by atoms with Crippen LogP contribution in [-0.2, 0) is 0 Å². The Hall–Kier alpha value is -20.2. The molecular formula is C111H57N21. The van der Waals surface area contributed by atoms with Gasteiger partial charge in [0.15, 0.2) is 0 Å². The average molecular weight is 1680 g/mol. The molecule has 0 aliphatic rings. The Balaban J connectivity index is 0.000000116. The Kier molecular flexibility index (Phi) is 18.7. The number of rotatable bonds is 9. The summed E-state index contributed by atoms with van der Waals surface area (Å²) in [6, 6.07) is 119. The van der Waals surface area contributed by atoms with Crippen molar-refractivity contribution in [3.8, 4) is 123 Å². The highest BCUT2D eigenvalue weighted by molar-refractivity contribution is 6.15. The molecule has 21 nitrogen and oxygen atoms in total. The fraction of sp³-hybridized carbons (Fsp3) is 0. The summed E-state index contributed by atoms with van der Waals surface area (Å²) in [6.07, 6.45) is 10.9. The van der Waals surface area contributed by atoms with Crippen molar-refractivity contribution < 1.29 is 0 Å². The van der Waals surface area contributed by atoms with Crippen LogP contribution in [0, 0.1) is 102 Å². The Morgan fingerprint density at radius 3 is 0.765 bits per heavy atom. The standard InChI is InChI=1S/3C37H19N7/c38-19-23-4-3-5-26(14-23)27-17-36(42-37(18-27)44-32-7-2-1-6-28(32)29-12-13-41-22-35(29)44)43-33-10-8-24(20-39)15-30(33)31-16-25(21-40)9-11-34(31)43;38-19-23-9-11-33-30(15-23)31-16-24(20-39)10-12-34(31)43(33)36-17-26(27-6-2-1-5-25(27)21-40)18-37(42-36)44-32-8-4-3-7-28(32)29-13-14-41-22-35(29)44;38-19-23-5-9-26(10-6-23)27-17-36(42-37(18-27)44-32-4-2-1-3-28(32)29-13-14-41-22-35(29)44)43-33-11-7-24(20-39)15-30(33)31-16-25(21-40)8-12-34(31)43/h3*1-18,22H. The van der Waals surface area contributed by atoms with Gasteiger partial charge in [-0.25, -0.2) is 15.0 Å². The monoisotopic (exact) mass is 1680 g/mol. The molecule has 0 bridgehead atoms. The Morgan fingerprint density at radius 2 is 0.439 bits per heavy atom. The highest BCUT2D eigenvalue weighted by Crippen LogP contribution is 2.43. The lowest BCUT2D eigenvalue weighted by atomic mass is 10.0. The molecule has 0 atom stereocenters. The summed E-state index contributed by atoms with van der Waals surface area (Å²) >= 11 is 0. The summed E-state index contributed by atoms with van der Waals surface area (Å²) in [7, 11) is 0. The molecule has 21 heteroatoms. The third-order valence-electron chi connectivity index (χ3n) is 24.3. The minimum absolute atomic E-state index is 0.530. The second-order valence-corrected chi connectivity index (χ2v) is 31.6. The summed E-state index contributed by atoms with van der Waals surface area (Å²) in [5, 5.41) is 98.7. The quantitative estimate of drug-likeness (QED) is 0.130. The number of hydrogen-bond acceptors (Lipinski definition) is 15. The van der Waals surface area contributed by atoms with Gasteiger partial charge in [-0.3, -0.25) is 42.4 Å². The molecule has 0 N–H and O–H groups in total. The lowest BCUT2D eigenvalue weighted by molar-refractivity contribution is 1.01. The van der Waals surface area contributed by atoms with Crippen molar-refractivity contribution in [2.75, 3.05) is 0 Å². The van der Waals surface area contributed by atoms with Crippen molar-refractivity contribution in [2.24, 2.45) is 0 Å². The third-order valence-corrected chi connectivity index (χ3v) is 24.3. The molecule has 132 heavy (non-hydrogen) atoms. The van der Waals surface area contributed by atoms with Crippen LogP contribution < -0.4 is 0 Å². The van der Waals surface area contributed by atoms with Crippen molar-refractivity contribution in [3.05, 3.63) is 397 Å². The van der Waals surface area contributed by atoms with Gasteiger partial charge in [-0.15, -0.1) is 0 Å². The first-order valence-corrected chi connectivity index (χ1v) is 41.8. The van der Waals surface area contributed by atoms with Crippen LogP contribution in [0.3, 0.4) is 0 Å². The van der Waals surface area contributed by atoms with E-state index >= 15 is 0 Å². The molecule has 0 saturated carbocycles. The van der Waals surface area contributed by atoms with Crippen LogP contribution in [0.2, 0.25) is 0 Å². The van der Waals surface area contributed by atoms with Gasteiger partial charge in [0.1, 0.15) is 34.9 Å². The second-order valence-electron chi connectivity index (χ2n) is 31.6. The molecular weight excluding hydrogens is 1630 g/mol. The third kappa shape index (κ3) is 12.9. The molecule has 12 aromatic carbocycles. The van der Waals surface area contributed by atoms with Gasteiger partial charge in [0.05, 0.1) is 189 Å². The zero-order valence-electron chi connectivity index (χ0n) is 69.3. The number of fused-ring (bicyclic) bond motifs is 18. The summed E-state index contributed by atoms with van der Waals surface area (Å²) in [5.41, 5.74) is 21.1. The number of benzene rings is 12. The second kappa shape index (κ2) is 31.8. The number of nitriles is 9. The minimum atomic E-state index is 0.530.